The molecule has 1 atom stereocenters. The van der Waals surface area contributed by atoms with Gasteiger partial charge in [0.2, 0.25) is 5.88 Å². The van der Waals surface area contributed by atoms with E-state index in [2.05, 4.69) is 23.3 Å². The van der Waals surface area contributed by atoms with Crippen LogP contribution in [0.2, 0.25) is 0 Å². The van der Waals surface area contributed by atoms with Crippen LogP contribution in [0.3, 0.4) is 0 Å². The Morgan fingerprint density at radius 1 is 1.47 bits per heavy atom. The molecule has 0 aromatic carbocycles. The minimum atomic E-state index is 0.592. The minimum absolute atomic E-state index is 0.592. The second-order valence-corrected chi connectivity index (χ2v) is 4.77. The number of hydrogen-bond acceptors (Lipinski definition) is 3. The summed E-state index contributed by atoms with van der Waals surface area (Å²) in [6.45, 7) is 3.31. The third-order valence-electron chi connectivity index (χ3n) is 3.27. The smallest absolute Gasteiger partial charge is 0.213 e. The van der Waals surface area contributed by atoms with E-state index in [1.165, 1.54) is 19.3 Å². The second-order valence-electron chi connectivity index (χ2n) is 4.77. The van der Waals surface area contributed by atoms with Crippen LogP contribution < -0.4 is 10.1 Å². The number of hydrogen-bond donors (Lipinski definition) is 1. The van der Waals surface area contributed by atoms with Gasteiger partial charge in [-0.3, -0.25) is 0 Å². The van der Waals surface area contributed by atoms with Crippen molar-refractivity contribution in [3.63, 3.8) is 0 Å². The maximum atomic E-state index is 5.16. The van der Waals surface area contributed by atoms with Gasteiger partial charge in [-0.25, -0.2) is 4.98 Å². The Morgan fingerprint density at radius 3 is 2.94 bits per heavy atom. The molecule has 1 aromatic heterocycles. The predicted molar refractivity (Wildman–Crippen MR) is 69.3 cm³/mol. The molecule has 3 nitrogen and oxygen atoms in total. The number of aromatic nitrogens is 1. The molecule has 1 saturated carbocycles. The summed E-state index contributed by atoms with van der Waals surface area (Å²) in [6, 6.07) is 6.60. The molecule has 0 radical (unpaired) electrons. The Bertz CT molecular complexity index is 350. The summed E-state index contributed by atoms with van der Waals surface area (Å²) < 4.78 is 5.16. The second kappa shape index (κ2) is 6.01. The van der Waals surface area contributed by atoms with Crippen molar-refractivity contribution in [1.82, 2.24) is 10.3 Å². The predicted octanol–water partition coefficient (Wildman–Crippen LogP) is 2.41. The molecule has 1 unspecified atom stereocenters. The zero-order valence-electron chi connectivity index (χ0n) is 10.8. The number of pyridine rings is 1. The Morgan fingerprint density at radius 2 is 2.29 bits per heavy atom. The van der Waals surface area contributed by atoms with Gasteiger partial charge < -0.3 is 10.1 Å². The number of ether oxygens (including phenoxy) is 1. The van der Waals surface area contributed by atoms with Crippen molar-refractivity contribution in [2.45, 2.75) is 38.6 Å². The largest absolute Gasteiger partial charge is 0.481 e. The molecule has 17 heavy (non-hydrogen) atoms. The number of nitrogens with zero attached hydrogens (tertiary/aromatic N) is 1. The summed E-state index contributed by atoms with van der Waals surface area (Å²) in [5.41, 5.74) is 1.13. The van der Waals surface area contributed by atoms with Crippen LogP contribution in [0, 0.1) is 5.92 Å². The standard InChI is InChI=1S/C14H22N2O/c1-3-9-15-13(11-7-8-11)10-12-5-4-6-14(16-12)17-2/h4-6,11,13,15H,3,7-10H2,1-2H3. The molecule has 0 bridgehead atoms. The normalized spacial score (nSPS) is 16.8. The van der Waals surface area contributed by atoms with Crippen LogP contribution in [0.5, 0.6) is 5.88 Å². The van der Waals surface area contributed by atoms with Crippen molar-refractivity contribution in [3.05, 3.63) is 23.9 Å². The van der Waals surface area contributed by atoms with E-state index in [0.29, 0.717) is 11.9 Å². The van der Waals surface area contributed by atoms with Gasteiger partial charge in [-0.2, -0.15) is 0 Å². The summed E-state index contributed by atoms with van der Waals surface area (Å²) in [5.74, 6) is 1.57. The number of rotatable bonds is 7. The van der Waals surface area contributed by atoms with Crippen molar-refractivity contribution in [3.8, 4) is 5.88 Å². The summed E-state index contributed by atoms with van der Waals surface area (Å²) >= 11 is 0. The first-order valence-electron chi connectivity index (χ1n) is 6.56. The molecule has 0 spiro atoms. The highest BCUT2D eigenvalue weighted by molar-refractivity contribution is 5.16. The molecule has 1 fully saturated rings. The summed E-state index contributed by atoms with van der Waals surface area (Å²) in [4.78, 5) is 4.49. The molecule has 94 valence electrons. The van der Waals surface area contributed by atoms with Crippen molar-refractivity contribution in [2.24, 2.45) is 5.92 Å². The van der Waals surface area contributed by atoms with E-state index >= 15 is 0 Å². The Labute approximate surface area is 104 Å². The Hall–Kier alpha value is -1.09. The van der Waals surface area contributed by atoms with E-state index in [4.69, 9.17) is 4.74 Å². The molecule has 0 amide bonds. The van der Waals surface area contributed by atoms with E-state index in [1.807, 2.05) is 12.1 Å². The van der Waals surface area contributed by atoms with Gasteiger partial charge in [0, 0.05) is 24.2 Å². The van der Waals surface area contributed by atoms with Crippen LogP contribution in [-0.2, 0) is 6.42 Å². The molecular weight excluding hydrogens is 212 g/mol. The molecular formula is C14H22N2O. The molecule has 2 rings (SSSR count). The van der Waals surface area contributed by atoms with E-state index in [-0.39, 0.29) is 0 Å². The fourth-order valence-corrected chi connectivity index (χ4v) is 2.14. The molecule has 1 aliphatic rings. The van der Waals surface area contributed by atoms with Crippen molar-refractivity contribution in [1.29, 1.82) is 0 Å². The topological polar surface area (TPSA) is 34.1 Å². The monoisotopic (exact) mass is 234 g/mol. The lowest BCUT2D eigenvalue weighted by molar-refractivity contribution is 0.393. The van der Waals surface area contributed by atoms with Gasteiger partial charge in [0.05, 0.1) is 7.11 Å². The Kier molecular flexibility index (Phi) is 4.37. The summed E-state index contributed by atoms with van der Waals surface area (Å²) in [7, 11) is 1.67. The quantitative estimate of drug-likeness (QED) is 0.786. The van der Waals surface area contributed by atoms with Gasteiger partial charge in [0.25, 0.3) is 0 Å². The van der Waals surface area contributed by atoms with Crippen LogP contribution in [0.4, 0.5) is 0 Å². The first kappa shape index (κ1) is 12.4. The first-order valence-corrected chi connectivity index (χ1v) is 6.56. The van der Waals surface area contributed by atoms with Crippen molar-refractivity contribution >= 4 is 0 Å². The maximum Gasteiger partial charge on any atom is 0.213 e. The van der Waals surface area contributed by atoms with Crippen LogP contribution in [0.1, 0.15) is 31.9 Å². The summed E-state index contributed by atoms with van der Waals surface area (Å²) in [5, 5.41) is 3.64. The van der Waals surface area contributed by atoms with Gasteiger partial charge in [-0.15, -0.1) is 0 Å². The van der Waals surface area contributed by atoms with E-state index in [1.54, 1.807) is 7.11 Å². The highest BCUT2D eigenvalue weighted by Crippen LogP contribution is 2.34. The average Bonchev–Trinajstić information content (AvgIpc) is 3.19. The molecule has 0 saturated heterocycles. The lowest BCUT2D eigenvalue weighted by atomic mass is 10.1. The fraction of sp³-hybridized carbons (Fsp3) is 0.643. The first-order chi connectivity index (χ1) is 8.33. The summed E-state index contributed by atoms with van der Waals surface area (Å²) in [6.07, 6.45) is 4.94. The SMILES string of the molecule is CCCNC(Cc1cccc(OC)n1)C1CC1. The third kappa shape index (κ3) is 3.70. The van der Waals surface area contributed by atoms with Crippen LogP contribution >= 0.6 is 0 Å². The van der Waals surface area contributed by atoms with E-state index in [9.17, 15) is 0 Å². The highest BCUT2D eigenvalue weighted by Gasteiger charge is 2.30. The zero-order valence-corrected chi connectivity index (χ0v) is 10.8. The van der Waals surface area contributed by atoms with Gasteiger partial charge in [-0.05, 0) is 37.8 Å². The van der Waals surface area contributed by atoms with Crippen molar-refractivity contribution in [2.75, 3.05) is 13.7 Å². The van der Waals surface area contributed by atoms with E-state index < -0.39 is 0 Å². The van der Waals surface area contributed by atoms with Crippen LogP contribution in [0.25, 0.3) is 0 Å². The average molecular weight is 234 g/mol. The minimum Gasteiger partial charge on any atom is -0.481 e. The number of nitrogens with one attached hydrogen (secondary N) is 1. The van der Waals surface area contributed by atoms with Gasteiger partial charge in [-0.1, -0.05) is 13.0 Å². The van der Waals surface area contributed by atoms with Crippen LogP contribution in [0.15, 0.2) is 18.2 Å². The molecule has 1 heterocycles. The van der Waals surface area contributed by atoms with Crippen LogP contribution in [-0.4, -0.2) is 24.7 Å². The third-order valence-corrected chi connectivity index (χ3v) is 3.27. The lowest BCUT2D eigenvalue weighted by Crippen LogP contribution is -2.34. The molecule has 1 aromatic rings. The van der Waals surface area contributed by atoms with Gasteiger partial charge in [0.15, 0.2) is 0 Å². The number of methoxy groups -OCH3 is 1. The van der Waals surface area contributed by atoms with Crippen molar-refractivity contribution < 1.29 is 4.74 Å². The zero-order chi connectivity index (χ0) is 12.1. The van der Waals surface area contributed by atoms with E-state index in [0.717, 1.165) is 24.6 Å². The molecule has 3 heteroatoms. The van der Waals surface area contributed by atoms with Gasteiger partial charge in [0.1, 0.15) is 0 Å². The molecule has 0 aliphatic heterocycles. The molecule has 1 N–H and O–H groups in total. The fourth-order valence-electron chi connectivity index (χ4n) is 2.14. The Balaban J connectivity index is 1.95. The van der Waals surface area contributed by atoms with Gasteiger partial charge >= 0.3 is 0 Å². The highest BCUT2D eigenvalue weighted by atomic mass is 16.5. The maximum absolute atomic E-state index is 5.16. The lowest BCUT2D eigenvalue weighted by Gasteiger charge is -2.17. The molecule has 1 aliphatic carbocycles.